The standard InChI is InChI=1S/C19H17ClN4O/c1-12-3-4-13(2)17(9-12)24-18(25)14-10-21-19(22-11-14)23-16-7-5-15(20)6-8-16/h3-11H,1-2H3,(H,24,25)(H,21,22,23). The molecule has 5 nitrogen and oxygen atoms in total. The lowest BCUT2D eigenvalue weighted by molar-refractivity contribution is 0.102. The molecule has 0 fully saturated rings. The zero-order chi connectivity index (χ0) is 17.8. The second-order valence-corrected chi connectivity index (χ2v) is 6.14. The van der Waals surface area contributed by atoms with Crippen molar-refractivity contribution < 1.29 is 4.79 Å². The van der Waals surface area contributed by atoms with E-state index in [1.54, 1.807) is 12.1 Å². The molecule has 1 aromatic heterocycles. The first-order valence-electron chi connectivity index (χ1n) is 7.74. The minimum atomic E-state index is -0.244. The Morgan fingerprint density at radius 3 is 2.36 bits per heavy atom. The van der Waals surface area contributed by atoms with Crippen LogP contribution in [0.3, 0.4) is 0 Å². The summed E-state index contributed by atoms with van der Waals surface area (Å²) in [5, 5.41) is 6.60. The maximum atomic E-state index is 12.4. The van der Waals surface area contributed by atoms with Gasteiger partial charge in [-0.05, 0) is 55.3 Å². The molecule has 0 atom stereocenters. The van der Waals surface area contributed by atoms with Crippen LogP contribution in [-0.2, 0) is 0 Å². The molecular formula is C19H17ClN4O. The maximum Gasteiger partial charge on any atom is 0.258 e. The predicted octanol–water partition coefficient (Wildman–Crippen LogP) is 4.74. The van der Waals surface area contributed by atoms with Crippen molar-refractivity contribution in [2.75, 3.05) is 10.6 Å². The number of nitrogens with zero attached hydrogens (tertiary/aromatic N) is 2. The molecule has 2 aromatic carbocycles. The Hall–Kier alpha value is -2.92. The summed E-state index contributed by atoms with van der Waals surface area (Å²) in [6.07, 6.45) is 2.98. The van der Waals surface area contributed by atoms with Crippen molar-refractivity contribution in [3.05, 3.63) is 76.6 Å². The van der Waals surface area contributed by atoms with Crippen molar-refractivity contribution in [3.8, 4) is 0 Å². The van der Waals surface area contributed by atoms with Gasteiger partial charge in [0.05, 0.1) is 5.56 Å². The van der Waals surface area contributed by atoms with Gasteiger partial charge in [-0.3, -0.25) is 4.79 Å². The maximum absolute atomic E-state index is 12.4. The Balaban J connectivity index is 1.70. The molecule has 0 unspecified atom stereocenters. The summed E-state index contributed by atoms with van der Waals surface area (Å²) in [4.78, 5) is 20.7. The van der Waals surface area contributed by atoms with E-state index in [-0.39, 0.29) is 5.91 Å². The third-order valence-corrected chi connectivity index (χ3v) is 3.91. The highest BCUT2D eigenvalue weighted by atomic mass is 35.5. The van der Waals surface area contributed by atoms with E-state index in [4.69, 9.17) is 11.6 Å². The average Bonchev–Trinajstić information content (AvgIpc) is 2.61. The first-order chi connectivity index (χ1) is 12.0. The fourth-order valence-electron chi connectivity index (χ4n) is 2.24. The number of hydrogen-bond acceptors (Lipinski definition) is 4. The molecule has 25 heavy (non-hydrogen) atoms. The van der Waals surface area contributed by atoms with Crippen LogP contribution in [0, 0.1) is 13.8 Å². The molecule has 0 radical (unpaired) electrons. The number of anilines is 3. The highest BCUT2D eigenvalue weighted by Gasteiger charge is 2.09. The Bertz CT molecular complexity index is 892. The number of aromatic nitrogens is 2. The lowest BCUT2D eigenvalue weighted by atomic mass is 10.1. The molecule has 1 amide bonds. The van der Waals surface area contributed by atoms with E-state index in [0.29, 0.717) is 16.5 Å². The van der Waals surface area contributed by atoms with E-state index in [1.165, 1.54) is 12.4 Å². The monoisotopic (exact) mass is 352 g/mol. The second kappa shape index (κ2) is 7.32. The molecule has 0 aliphatic carbocycles. The van der Waals surface area contributed by atoms with Gasteiger partial charge in [-0.2, -0.15) is 0 Å². The number of carbonyl (C=O) groups is 1. The molecule has 2 N–H and O–H groups in total. The van der Waals surface area contributed by atoms with Crippen LogP contribution in [0.2, 0.25) is 5.02 Å². The van der Waals surface area contributed by atoms with Crippen molar-refractivity contribution in [1.82, 2.24) is 9.97 Å². The fourth-order valence-corrected chi connectivity index (χ4v) is 2.36. The van der Waals surface area contributed by atoms with Gasteiger partial charge < -0.3 is 10.6 Å². The van der Waals surface area contributed by atoms with Crippen molar-refractivity contribution in [1.29, 1.82) is 0 Å². The van der Waals surface area contributed by atoms with Crippen LogP contribution in [0.5, 0.6) is 0 Å². The van der Waals surface area contributed by atoms with Crippen molar-refractivity contribution in [2.45, 2.75) is 13.8 Å². The van der Waals surface area contributed by atoms with Gasteiger partial charge in [-0.15, -0.1) is 0 Å². The number of halogens is 1. The number of aryl methyl sites for hydroxylation is 2. The van der Waals surface area contributed by atoms with Crippen LogP contribution in [0.4, 0.5) is 17.3 Å². The molecule has 3 rings (SSSR count). The summed E-state index contributed by atoms with van der Waals surface area (Å²) in [6, 6.07) is 13.1. The van der Waals surface area contributed by atoms with E-state index in [9.17, 15) is 4.79 Å². The van der Waals surface area contributed by atoms with Gasteiger partial charge >= 0.3 is 0 Å². The third-order valence-electron chi connectivity index (χ3n) is 3.66. The van der Waals surface area contributed by atoms with Gasteiger partial charge in [0.15, 0.2) is 0 Å². The Kier molecular flexibility index (Phi) is 4.95. The zero-order valence-electron chi connectivity index (χ0n) is 13.9. The van der Waals surface area contributed by atoms with E-state index >= 15 is 0 Å². The smallest absolute Gasteiger partial charge is 0.258 e. The third kappa shape index (κ3) is 4.33. The van der Waals surface area contributed by atoms with E-state index in [0.717, 1.165) is 22.5 Å². The number of carbonyl (C=O) groups excluding carboxylic acids is 1. The quantitative estimate of drug-likeness (QED) is 0.711. The van der Waals surface area contributed by atoms with Crippen LogP contribution >= 0.6 is 11.6 Å². The molecule has 126 valence electrons. The minimum Gasteiger partial charge on any atom is -0.324 e. The summed E-state index contributed by atoms with van der Waals surface area (Å²) < 4.78 is 0. The number of rotatable bonds is 4. The number of amides is 1. The van der Waals surface area contributed by atoms with Crippen LogP contribution in [-0.4, -0.2) is 15.9 Å². The zero-order valence-corrected chi connectivity index (χ0v) is 14.6. The van der Waals surface area contributed by atoms with Gasteiger partial charge in [0.2, 0.25) is 5.95 Å². The molecule has 0 aliphatic rings. The summed E-state index contributed by atoms with van der Waals surface area (Å²) in [6.45, 7) is 3.93. The van der Waals surface area contributed by atoms with E-state index in [2.05, 4.69) is 20.6 Å². The van der Waals surface area contributed by atoms with Gasteiger partial charge in [0, 0.05) is 28.8 Å². The van der Waals surface area contributed by atoms with Gasteiger partial charge in [-0.1, -0.05) is 23.7 Å². The normalized spacial score (nSPS) is 10.4. The molecule has 0 saturated carbocycles. The average molecular weight is 353 g/mol. The molecule has 1 heterocycles. The summed E-state index contributed by atoms with van der Waals surface area (Å²) in [5.74, 6) is 0.164. The summed E-state index contributed by atoms with van der Waals surface area (Å²) >= 11 is 5.85. The largest absolute Gasteiger partial charge is 0.324 e. The molecule has 0 aliphatic heterocycles. The molecule has 0 bridgehead atoms. The van der Waals surface area contributed by atoms with Crippen molar-refractivity contribution in [3.63, 3.8) is 0 Å². The van der Waals surface area contributed by atoms with Gasteiger partial charge in [-0.25, -0.2) is 9.97 Å². The van der Waals surface area contributed by atoms with Crippen LogP contribution in [0.15, 0.2) is 54.9 Å². The van der Waals surface area contributed by atoms with Crippen LogP contribution < -0.4 is 10.6 Å². The Labute approximate surface area is 151 Å². The molecule has 3 aromatic rings. The second-order valence-electron chi connectivity index (χ2n) is 5.70. The van der Waals surface area contributed by atoms with Crippen LogP contribution in [0.25, 0.3) is 0 Å². The number of hydrogen-bond donors (Lipinski definition) is 2. The summed E-state index contributed by atoms with van der Waals surface area (Å²) in [5.41, 5.74) is 4.08. The van der Waals surface area contributed by atoms with Crippen LogP contribution in [0.1, 0.15) is 21.5 Å². The van der Waals surface area contributed by atoms with Crippen molar-refractivity contribution in [2.24, 2.45) is 0 Å². The minimum absolute atomic E-state index is 0.244. The molecule has 0 spiro atoms. The topological polar surface area (TPSA) is 66.9 Å². The van der Waals surface area contributed by atoms with Gasteiger partial charge in [0.25, 0.3) is 5.91 Å². The SMILES string of the molecule is Cc1ccc(C)c(NC(=O)c2cnc(Nc3ccc(Cl)cc3)nc2)c1. The summed E-state index contributed by atoms with van der Waals surface area (Å²) in [7, 11) is 0. The molecular weight excluding hydrogens is 336 g/mol. The van der Waals surface area contributed by atoms with E-state index in [1.807, 2.05) is 44.2 Å². The Morgan fingerprint density at radius 2 is 1.68 bits per heavy atom. The fraction of sp³-hybridized carbons (Fsp3) is 0.105. The first-order valence-corrected chi connectivity index (χ1v) is 8.12. The lowest BCUT2D eigenvalue weighted by Gasteiger charge is -2.09. The Morgan fingerprint density at radius 1 is 1.00 bits per heavy atom. The first kappa shape index (κ1) is 16.9. The molecule has 0 saturated heterocycles. The molecule has 6 heteroatoms. The lowest BCUT2D eigenvalue weighted by Crippen LogP contribution is -2.14. The highest BCUT2D eigenvalue weighted by molar-refractivity contribution is 6.30. The number of benzene rings is 2. The predicted molar refractivity (Wildman–Crippen MR) is 101 cm³/mol. The van der Waals surface area contributed by atoms with E-state index < -0.39 is 0 Å². The van der Waals surface area contributed by atoms with Gasteiger partial charge in [0.1, 0.15) is 0 Å². The highest BCUT2D eigenvalue weighted by Crippen LogP contribution is 2.18. The number of nitrogens with one attached hydrogen (secondary N) is 2. The van der Waals surface area contributed by atoms with Crippen molar-refractivity contribution >= 4 is 34.8 Å².